The molecule has 1 amide bonds. The summed E-state index contributed by atoms with van der Waals surface area (Å²) in [5.74, 6) is 0.345. The Labute approximate surface area is 203 Å². The summed E-state index contributed by atoms with van der Waals surface area (Å²) < 4.78 is 29.8. The Morgan fingerprint density at radius 1 is 1.12 bits per heavy atom. The van der Waals surface area contributed by atoms with Crippen molar-refractivity contribution >= 4 is 32.9 Å². The average molecular weight is 499 g/mol. The Balaban J connectivity index is 1.43. The van der Waals surface area contributed by atoms with Gasteiger partial charge in [0.2, 0.25) is 0 Å². The maximum absolute atomic E-state index is 13.1. The number of aryl methyl sites for hydroxylation is 1. The summed E-state index contributed by atoms with van der Waals surface area (Å²) in [6.45, 7) is 3.49. The molecular weight excluding hydrogens is 472 g/mol. The van der Waals surface area contributed by atoms with Gasteiger partial charge in [-0.3, -0.25) is 9.59 Å². The molecule has 0 unspecified atom stereocenters. The molecule has 34 heavy (non-hydrogen) atoms. The van der Waals surface area contributed by atoms with E-state index in [9.17, 15) is 18.0 Å². The third-order valence-electron chi connectivity index (χ3n) is 5.75. The van der Waals surface area contributed by atoms with Gasteiger partial charge < -0.3 is 9.64 Å². The van der Waals surface area contributed by atoms with Crippen LogP contribution in [0.4, 0.5) is 0 Å². The van der Waals surface area contributed by atoms with Gasteiger partial charge in [0, 0.05) is 25.1 Å². The second-order valence-electron chi connectivity index (χ2n) is 8.37. The maximum atomic E-state index is 13.1. The van der Waals surface area contributed by atoms with Gasteiger partial charge >= 0.3 is 0 Å². The van der Waals surface area contributed by atoms with Gasteiger partial charge in [-0.15, -0.1) is 11.3 Å². The number of aromatic nitrogens is 1. The molecule has 0 radical (unpaired) electrons. The summed E-state index contributed by atoms with van der Waals surface area (Å²) in [6, 6.07) is 16.4. The second kappa shape index (κ2) is 10.1. The van der Waals surface area contributed by atoms with E-state index in [1.165, 1.54) is 18.3 Å². The standard InChI is InChI=1S/C25H26N2O5S2/c1-17-24(18(2)28)33-25(26-17)20-8-10-22(11-9-20)32-15-23(29)27(14-19-6-4-3-5-7-19)21-12-13-34(30,31)16-21/h3-11,21H,12-16H2,1-2H3/t21-/m0/s1. The molecule has 1 aliphatic heterocycles. The fourth-order valence-corrected chi connectivity index (χ4v) is 6.69. The maximum Gasteiger partial charge on any atom is 0.261 e. The van der Waals surface area contributed by atoms with E-state index in [-0.39, 0.29) is 35.8 Å². The highest BCUT2D eigenvalue weighted by molar-refractivity contribution is 7.91. The molecular formula is C25H26N2O5S2. The van der Waals surface area contributed by atoms with Gasteiger partial charge in [-0.05, 0) is 43.2 Å². The van der Waals surface area contributed by atoms with Crippen molar-refractivity contribution in [1.29, 1.82) is 0 Å². The number of amides is 1. The summed E-state index contributed by atoms with van der Waals surface area (Å²) in [5.41, 5.74) is 2.51. The fourth-order valence-electron chi connectivity index (χ4n) is 3.99. The lowest BCUT2D eigenvalue weighted by atomic mass is 10.1. The van der Waals surface area contributed by atoms with Crippen molar-refractivity contribution in [2.75, 3.05) is 18.1 Å². The molecule has 0 saturated carbocycles. The monoisotopic (exact) mass is 498 g/mol. The highest BCUT2D eigenvalue weighted by Crippen LogP contribution is 2.29. The Morgan fingerprint density at radius 2 is 1.82 bits per heavy atom. The third-order valence-corrected chi connectivity index (χ3v) is 8.80. The quantitative estimate of drug-likeness (QED) is 0.437. The van der Waals surface area contributed by atoms with Crippen LogP contribution < -0.4 is 4.74 Å². The first kappa shape index (κ1) is 24.1. The average Bonchev–Trinajstić information content (AvgIpc) is 3.38. The molecule has 1 atom stereocenters. The van der Waals surface area contributed by atoms with Gasteiger partial charge in [-0.2, -0.15) is 0 Å². The second-order valence-corrected chi connectivity index (χ2v) is 11.6. The van der Waals surface area contributed by atoms with Crippen molar-refractivity contribution in [1.82, 2.24) is 9.88 Å². The summed E-state index contributed by atoms with van der Waals surface area (Å²) in [7, 11) is -3.13. The van der Waals surface area contributed by atoms with Gasteiger partial charge in [0.05, 0.1) is 22.1 Å². The zero-order chi connectivity index (χ0) is 24.3. The first-order chi connectivity index (χ1) is 16.2. The van der Waals surface area contributed by atoms with Gasteiger partial charge in [-0.1, -0.05) is 30.3 Å². The number of sulfone groups is 1. The van der Waals surface area contributed by atoms with Crippen LogP contribution in [0.5, 0.6) is 5.75 Å². The van der Waals surface area contributed by atoms with E-state index in [0.717, 1.165) is 16.1 Å². The molecule has 2 aromatic carbocycles. The number of nitrogens with zero attached hydrogens (tertiary/aromatic N) is 2. The topological polar surface area (TPSA) is 93.6 Å². The van der Waals surface area contributed by atoms with E-state index in [2.05, 4.69) is 4.98 Å². The number of rotatable bonds is 8. The molecule has 1 fully saturated rings. The number of benzene rings is 2. The molecule has 1 aliphatic rings. The minimum absolute atomic E-state index is 0.00478. The summed E-state index contributed by atoms with van der Waals surface area (Å²) in [6.07, 6.45) is 0.436. The van der Waals surface area contributed by atoms with Crippen LogP contribution in [0, 0.1) is 6.92 Å². The van der Waals surface area contributed by atoms with Crippen LogP contribution in [0.15, 0.2) is 54.6 Å². The van der Waals surface area contributed by atoms with Crippen molar-refractivity contribution in [3.05, 3.63) is 70.7 Å². The zero-order valence-electron chi connectivity index (χ0n) is 19.1. The number of hydrogen-bond acceptors (Lipinski definition) is 7. The van der Waals surface area contributed by atoms with Gasteiger partial charge in [0.15, 0.2) is 22.2 Å². The molecule has 4 rings (SSSR count). The third kappa shape index (κ3) is 5.71. The van der Waals surface area contributed by atoms with Crippen LogP contribution in [0.2, 0.25) is 0 Å². The largest absolute Gasteiger partial charge is 0.484 e. The Bertz CT molecular complexity index is 1280. The number of ether oxygens (including phenoxy) is 1. The van der Waals surface area contributed by atoms with E-state index in [1.807, 2.05) is 49.4 Å². The minimum Gasteiger partial charge on any atom is -0.484 e. The number of carbonyl (C=O) groups excluding carboxylic acids is 2. The van der Waals surface area contributed by atoms with Crippen LogP contribution in [0.1, 0.15) is 34.3 Å². The molecule has 1 saturated heterocycles. The van der Waals surface area contributed by atoms with E-state index >= 15 is 0 Å². The predicted octanol–water partition coefficient (Wildman–Crippen LogP) is 3.92. The molecule has 3 aromatic rings. The lowest BCUT2D eigenvalue weighted by Crippen LogP contribution is -2.43. The van der Waals surface area contributed by atoms with Gasteiger partial charge in [0.25, 0.3) is 5.91 Å². The molecule has 0 N–H and O–H groups in total. The van der Waals surface area contributed by atoms with Crippen molar-refractivity contribution in [2.24, 2.45) is 0 Å². The van der Waals surface area contributed by atoms with Crippen molar-refractivity contribution in [3.8, 4) is 16.3 Å². The number of thiazole rings is 1. The molecule has 1 aromatic heterocycles. The van der Waals surface area contributed by atoms with Crippen LogP contribution in [-0.2, 0) is 21.2 Å². The molecule has 0 bridgehead atoms. The zero-order valence-corrected chi connectivity index (χ0v) is 20.7. The number of ketones is 1. The first-order valence-corrected chi connectivity index (χ1v) is 13.6. The smallest absolute Gasteiger partial charge is 0.261 e. The van der Waals surface area contributed by atoms with Crippen molar-refractivity contribution < 1.29 is 22.7 Å². The number of Topliss-reactive ketones (excluding diaryl/α,β-unsaturated/α-hetero) is 1. The molecule has 0 aliphatic carbocycles. The highest BCUT2D eigenvalue weighted by Gasteiger charge is 2.34. The number of hydrogen-bond donors (Lipinski definition) is 0. The van der Waals surface area contributed by atoms with Crippen LogP contribution >= 0.6 is 11.3 Å². The van der Waals surface area contributed by atoms with E-state index in [4.69, 9.17) is 4.74 Å². The number of carbonyl (C=O) groups is 2. The van der Waals surface area contributed by atoms with E-state index in [1.54, 1.807) is 17.0 Å². The highest BCUT2D eigenvalue weighted by atomic mass is 32.2. The van der Waals surface area contributed by atoms with Crippen LogP contribution in [0.3, 0.4) is 0 Å². The van der Waals surface area contributed by atoms with Crippen LogP contribution in [-0.4, -0.2) is 54.1 Å². The SMILES string of the molecule is CC(=O)c1sc(-c2ccc(OCC(=O)N(Cc3ccccc3)[C@H]3CCS(=O)(=O)C3)cc2)nc1C. The lowest BCUT2D eigenvalue weighted by Gasteiger charge is -2.28. The van der Waals surface area contributed by atoms with E-state index in [0.29, 0.717) is 29.3 Å². The summed E-state index contributed by atoms with van der Waals surface area (Å²) in [4.78, 5) is 31.5. The predicted molar refractivity (Wildman–Crippen MR) is 132 cm³/mol. The molecule has 0 spiro atoms. The molecule has 7 nitrogen and oxygen atoms in total. The Kier molecular flexibility index (Phi) is 7.13. The Hall–Kier alpha value is -3.04. The lowest BCUT2D eigenvalue weighted by molar-refractivity contribution is -0.136. The first-order valence-electron chi connectivity index (χ1n) is 11.0. The Morgan fingerprint density at radius 3 is 2.41 bits per heavy atom. The molecule has 2 heterocycles. The summed E-state index contributed by atoms with van der Waals surface area (Å²) in [5, 5.41) is 0.752. The fraction of sp³-hybridized carbons (Fsp3) is 0.320. The van der Waals surface area contributed by atoms with Gasteiger partial charge in [0.1, 0.15) is 10.8 Å². The minimum atomic E-state index is -3.13. The van der Waals surface area contributed by atoms with E-state index < -0.39 is 9.84 Å². The normalized spacial score (nSPS) is 16.8. The summed E-state index contributed by atoms with van der Waals surface area (Å²) >= 11 is 1.35. The van der Waals surface area contributed by atoms with Crippen LogP contribution in [0.25, 0.3) is 10.6 Å². The van der Waals surface area contributed by atoms with Crippen molar-refractivity contribution in [3.63, 3.8) is 0 Å². The molecule has 9 heteroatoms. The molecule has 178 valence electrons. The van der Waals surface area contributed by atoms with Gasteiger partial charge in [-0.25, -0.2) is 13.4 Å². The van der Waals surface area contributed by atoms with Crippen molar-refractivity contribution in [2.45, 2.75) is 32.9 Å².